The molecule has 0 aromatic rings. The zero-order valence-corrected chi connectivity index (χ0v) is 22.7. The lowest BCUT2D eigenvalue weighted by Crippen LogP contribution is -2.70. The summed E-state index contributed by atoms with van der Waals surface area (Å²) in [5.74, 6) is 0.788. The summed E-state index contributed by atoms with van der Waals surface area (Å²) in [6, 6.07) is 0. The first-order valence-electron chi connectivity index (χ1n) is 13.6. The highest BCUT2D eigenvalue weighted by Gasteiger charge is 2.57. The smallest absolute Gasteiger partial charge is 0.246 e. The molecule has 2 N–H and O–H groups in total. The first kappa shape index (κ1) is 26.7. The zero-order chi connectivity index (χ0) is 24.8. The first-order chi connectivity index (χ1) is 16.7. The Labute approximate surface area is 223 Å². The number of hydrogen-bond donors (Lipinski definition) is 2. The van der Waals surface area contributed by atoms with E-state index in [2.05, 4.69) is 10.2 Å². The quantitative estimate of drug-likeness (QED) is 0.465. The fourth-order valence-corrected chi connectivity index (χ4v) is 8.53. The minimum atomic E-state index is -0.881. The second-order valence-corrected chi connectivity index (χ2v) is 13.7. The average molecular weight is 554 g/mol. The average Bonchev–Trinajstić information content (AvgIpc) is 3.34. The number of nitrogens with one attached hydrogen (secondary N) is 1. The van der Waals surface area contributed by atoms with E-state index in [9.17, 15) is 14.3 Å². The van der Waals surface area contributed by atoms with Crippen LogP contribution in [-0.4, -0.2) is 81.2 Å². The van der Waals surface area contributed by atoms with E-state index in [1.165, 1.54) is 0 Å². The predicted octanol–water partition coefficient (Wildman–Crippen LogP) is 4.77. The maximum Gasteiger partial charge on any atom is 0.246 e. The first-order valence-corrected chi connectivity index (χ1v) is 14.9. The van der Waals surface area contributed by atoms with E-state index < -0.39 is 17.8 Å². The van der Waals surface area contributed by atoms with Crippen molar-refractivity contribution >= 4 is 40.7 Å². The highest BCUT2D eigenvalue weighted by molar-refractivity contribution is 6.30. The van der Waals surface area contributed by atoms with E-state index in [4.69, 9.17) is 39.5 Å². The molecule has 5 aliphatic carbocycles. The maximum absolute atomic E-state index is 14.2. The second-order valence-electron chi connectivity index (χ2n) is 12.0. The number of nitrogens with zero attached hydrogens (tertiary/aromatic N) is 1. The number of halogens is 4. The summed E-state index contributed by atoms with van der Waals surface area (Å²) < 4.78 is 20.1. The van der Waals surface area contributed by atoms with Crippen molar-refractivity contribution in [2.24, 2.45) is 11.8 Å². The Kier molecular flexibility index (Phi) is 8.20. The van der Waals surface area contributed by atoms with Gasteiger partial charge in [0.15, 0.2) is 0 Å². The molecule has 0 radical (unpaired) electrons. The number of aliphatic hydroxyl groups excluding tert-OH is 1. The molecule has 1 heterocycles. The van der Waals surface area contributed by atoms with Crippen molar-refractivity contribution in [1.82, 2.24) is 10.2 Å². The zero-order valence-electron chi connectivity index (χ0n) is 20.4. The molecule has 2 bridgehead atoms. The van der Waals surface area contributed by atoms with Gasteiger partial charge in [0.1, 0.15) is 12.8 Å². The Hall–Kier alpha value is 0.150. The lowest BCUT2D eigenvalue weighted by molar-refractivity contribution is -0.141. The minimum Gasteiger partial charge on any atom is -0.391 e. The van der Waals surface area contributed by atoms with Crippen LogP contribution in [0.4, 0.5) is 4.39 Å². The number of carbonyl (C=O) groups is 1. The van der Waals surface area contributed by atoms with Crippen molar-refractivity contribution in [2.75, 3.05) is 19.7 Å². The lowest BCUT2D eigenvalue weighted by atomic mass is 9.59. The molecule has 5 nitrogen and oxygen atoms in total. The second kappa shape index (κ2) is 10.7. The molecule has 35 heavy (non-hydrogen) atoms. The fraction of sp³-hybridized carbons (Fsp3) is 0.962. The van der Waals surface area contributed by atoms with E-state index in [-0.39, 0.29) is 40.3 Å². The molecule has 5 saturated carbocycles. The summed E-state index contributed by atoms with van der Waals surface area (Å²) >= 11 is 18.6. The van der Waals surface area contributed by atoms with Gasteiger partial charge in [-0.1, -0.05) is 0 Å². The molecule has 0 spiro atoms. The number of aliphatic hydroxyl groups is 1. The molecule has 200 valence electrons. The Morgan fingerprint density at radius 3 is 2.40 bits per heavy atom. The van der Waals surface area contributed by atoms with E-state index in [1.807, 2.05) is 0 Å². The van der Waals surface area contributed by atoms with Crippen molar-refractivity contribution in [3.8, 4) is 0 Å². The fourth-order valence-electron chi connectivity index (χ4n) is 7.75. The Morgan fingerprint density at radius 2 is 1.71 bits per heavy atom. The lowest BCUT2D eigenvalue weighted by Gasteiger charge is -2.59. The van der Waals surface area contributed by atoms with Crippen LogP contribution in [-0.2, 0) is 9.53 Å². The number of alkyl halides is 4. The molecule has 1 aliphatic heterocycles. The third kappa shape index (κ3) is 5.49. The number of rotatable bonds is 6. The van der Waals surface area contributed by atoms with Crippen LogP contribution in [0.15, 0.2) is 0 Å². The van der Waals surface area contributed by atoms with Gasteiger partial charge in [0.05, 0.1) is 33.9 Å². The van der Waals surface area contributed by atoms with Crippen LogP contribution in [0.5, 0.6) is 0 Å². The third-order valence-corrected chi connectivity index (χ3v) is 11.7. The van der Waals surface area contributed by atoms with Crippen LogP contribution in [0.25, 0.3) is 0 Å². The van der Waals surface area contributed by atoms with Gasteiger partial charge in [-0.25, -0.2) is 4.39 Å². The van der Waals surface area contributed by atoms with Crippen molar-refractivity contribution in [2.45, 2.75) is 123 Å². The third-order valence-electron chi connectivity index (χ3n) is 10.1. The van der Waals surface area contributed by atoms with Gasteiger partial charge in [-0.3, -0.25) is 9.69 Å². The van der Waals surface area contributed by atoms with E-state index in [1.54, 1.807) is 0 Å². The molecule has 1 saturated heterocycles. The Bertz CT molecular complexity index is 768. The van der Waals surface area contributed by atoms with E-state index >= 15 is 0 Å². The molecular weight excluding hydrogens is 514 g/mol. The maximum atomic E-state index is 14.2. The number of amides is 1. The van der Waals surface area contributed by atoms with Crippen molar-refractivity contribution < 1.29 is 19.0 Å². The van der Waals surface area contributed by atoms with Crippen LogP contribution >= 0.6 is 34.8 Å². The van der Waals surface area contributed by atoms with Crippen molar-refractivity contribution in [3.05, 3.63) is 0 Å². The molecule has 8 atom stereocenters. The van der Waals surface area contributed by atoms with Gasteiger partial charge in [0.25, 0.3) is 0 Å². The molecule has 6 fully saturated rings. The summed E-state index contributed by atoms with van der Waals surface area (Å²) in [6.07, 6.45) is 8.51. The van der Waals surface area contributed by atoms with Crippen LogP contribution in [0.2, 0.25) is 0 Å². The minimum absolute atomic E-state index is 0.00520. The molecule has 9 heteroatoms. The number of hydrogen-bond acceptors (Lipinski definition) is 4. The van der Waals surface area contributed by atoms with Gasteiger partial charge >= 0.3 is 0 Å². The van der Waals surface area contributed by atoms with Gasteiger partial charge < -0.3 is 15.2 Å². The molecule has 1 amide bonds. The molecular formula is C26H40Cl3FN2O3. The number of likely N-dealkylation sites (tertiary alicyclic amines) is 1. The SMILES string of the molecule is O=C(COC1CCC(Cl)C(Cl)C1)NC12CCC(N3CCC(C4CCC(Cl)C(F)C4)C3)(CC1)C[C@@H]2O. The number of fused-ring (bicyclic) bond motifs is 3. The van der Waals surface area contributed by atoms with Crippen LogP contribution in [0.3, 0.4) is 0 Å². The van der Waals surface area contributed by atoms with E-state index in [0.29, 0.717) is 31.1 Å². The summed E-state index contributed by atoms with van der Waals surface area (Å²) in [5.41, 5.74) is -0.546. The van der Waals surface area contributed by atoms with E-state index in [0.717, 1.165) is 70.9 Å². The standard InChI is InChI=1S/C26H40Cl3FN2O3/c27-19-4-2-18(12-21(19)29)35-15-24(34)31-26-8-6-25(7-9-26,13-23(26)33)32-10-5-17(14-32)16-1-3-20(28)22(30)11-16/h16-23,33H,1-15H2,(H,31,34)/t16?,17?,18?,19?,20?,21?,22?,23-,25?,26?/m0/s1. The predicted molar refractivity (Wildman–Crippen MR) is 137 cm³/mol. The Morgan fingerprint density at radius 1 is 0.971 bits per heavy atom. The molecule has 0 aromatic carbocycles. The molecule has 7 unspecified atom stereocenters. The summed E-state index contributed by atoms with van der Waals surface area (Å²) in [5, 5.41) is 13.9. The molecule has 0 aromatic heterocycles. The van der Waals surface area contributed by atoms with Gasteiger partial charge in [0, 0.05) is 12.1 Å². The molecule has 6 rings (SSSR count). The molecule has 6 aliphatic rings. The monoisotopic (exact) mass is 552 g/mol. The normalized spacial score (nSPS) is 48.7. The van der Waals surface area contributed by atoms with Gasteiger partial charge in [-0.05, 0) is 95.4 Å². The van der Waals surface area contributed by atoms with Crippen molar-refractivity contribution in [1.29, 1.82) is 0 Å². The van der Waals surface area contributed by atoms with Gasteiger partial charge in [0.2, 0.25) is 5.91 Å². The summed E-state index contributed by atoms with van der Waals surface area (Å²) in [4.78, 5) is 15.4. The van der Waals surface area contributed by atoms with Gasteiger partial charge in [-0.15, -0.1) is 34.8 Å². The van der Waals surface area contributed by atoms with Crippen LogP contribution < -0.4 is 5.32 Å². The highest BCUT2D eigenvalue weighted by atomic mass is 35.5. The largest absolute Gasteiger partial charge is 0.391 e. The topological polar surface area (TPSA) is 61.8 Å². The number of ether oxygens (including phenoxy) is 1. The number of carbonyl (C=O) groups excluding carboxylic acids is 1. The van der Waals surface area contributed by atoms with Crippen molar-refractivity contribution in [3.63, 3.8) is 0 Å². The Balaban J connectivity index is 1.12. The van der Waals surface area contributed by atoms with Crippen LogP contribution in [0.1, 0.15) is 77.0 Å². The van der Waals surface area contributed by atoms with Gasteiger partial charge in [-0.2, -0.15) is 0 Å². The highest BCUT2D eigenvalue weighted by Crippen LogP contribution is 2.52. The summed E-state index contributed by atoms with van der Waals surface area (Å²) in [7, 11) is 0. The summed E-state index contributed by atoms with van der Waals surface area (Å²) in [6.45, 7) is 2.01. The van der Waals surface area contributed by atoms with Crippen LogP contribution in [0, 0.1) is 11.8 Å².